The second-order valence-electron chi connectivity index (χ2n) is 10.1. The Kier molecular flexibility index (Phi) is 8.53. The molecule has 4 aliphatic carbocycles. The van der Waals surface area contributed by atoms with Gasteiger partial charge in [0, 0.05) is 26.1 Å². The molecule has 4 rings (SSSR count). The van der Waals surface area contributed by atoms with E-state index in [0.717, 1.165) is 6.42 Å². The van der Waals surface area contributed by atoms with E-state index in [1.165, 1.54) is 13.2 Å². The van der Waals surface area contributed by atoms with Gasteiger partial charge in [0.1, 0.15) is 17.8 Å². The predicted octanol–water partition coefficient (Wildman–Crippen LogP) is 6.95. The van der Waals surface area contributed by atoms with Gasteiger partial charge in [0.15, 0.2) is 17.4 Å². The molecule has 1 saturated carbocycles. The zero-order valence-electron chi connectivity index (χ0n) is 20.3. The van der Waals surface area contributed by atoms with E-state index in [1.807, 2.05) is 12.2 Å². The summed E-state index contributed by atoms with van der Waals surface area (Å²) >= 11 is 0. The topological polar surface area (TPSA) is 44.8 Å². The summed E-state index contributed by atoms with van der Waals surface area (Å²) in [7, 11) is 2.98. The highest BCUT2D eigenvalue weighted by molar-refractivity contribution is 5.74. The SMILES string of the molecule is COC1C=CC(C2CC=C(OC(=O)C3CCC(C4CCC(OC)C(F)=C4F)CC3)C(F)=C2F)CC1. The summed E-state index contributed by atoms with van der Waals surface area (Å²) in [6.07, 6.45) is 9.01. The summed E-state index contributed by atoms with van der Waals surface area (Å²) in [6, 6.07) is 0. The van der Waals surface area contributed by atoms with E-state index in [-0.39, 0.29) is 30.1 Å². The fourth-order valence-electron chi connectivity index (χ4n) is 6.03. The first-order chi connectivity index (χ1) is 16.8. The fourth-order valence-corrected chi connectivity index (χ4v) is 6.03. The average molecular weight is 499 g/mol. The lowest BCUT2D eigenvalue weighted by molar-refractivity contribution is -0.145. The maximum Gasteiger partial charge on any atom is 0.314 e. The van der Waals surface area contributed by atoms with Crippen LogP contribution < -0.4 is 0 Å². The Balaban J connectivity index is 1.31. The molecule has 0 heterocycles. The van der Waals surface area contributed by atoms with Gasteiger partial charge in [0.2, 0.25) is 0 Å². The molecule has 1 fully saturated rings. The molecule has 35 heavy (non-hydrogen) atoms. The molecule has 0 N–H and O–H groups in total. The highest BCUT2D eigenvalue weighted by atomic mass is 19.2. The van der Waals surface area contributed by atoms with E-state index in [0.29, 0.717) is 44.9 Å². The molecular weight excluding hydrogens is 464 g/mol. The second-order valence-corrected chi connectivity index (χ2v) is 10.1. The summed E-state index contributed by atoms with van der Waals surface area (Å²) in [5.74, 6) is -6.26. The number of ether oxygens (including phenoxy) is 3. The van der Waals surface area contributed by atoms with Gasteiger partial charge in [-0.3, -0.25) is 4.79 Å². The van der Waals surface area contributed by atoms with Crippen LogP contribution in [0.15, 0.2) is 47.3 Å². The van der Waals surface area contributed by atoms with E-state index < -0.39 is 53.1 Å². The summed E-state index contributed by atoms with van der Waals surface area (Å²) in [5, 5.41) is 0. The first-order valence-corrected chi connectivity index (χ1v) is 12.6. The van der Waals surface area contributed by atoms with Gasteiger partial charge in [-0.25, -0.2) is 13.2 Å². The molecule has 5 atom stereocenters. The number of allylic oxidation sites excluding steroid dienone is 5. The van der Waals surface area contributed by atoms with Crippen LogP contribution in [0.3, 0.4) is 0 Å². The van der Waals surface area contributed by atoms with Gasteiger partial charge >= 0.3 is 5.97 Å². The van der Waals surface area contributed by atoms with Crippen LogP contribution in [0.4, 0.5) is 17.6 Å². The fraction of sp³-hybridized carbons (Fsp3) is 0.667. The van der Waals surface area contributed by atoms with Crippen LogP contribution in [0, 0.1) is 29.6 Å². The van der Waals surface area contributed by atoms with Crippen LogP contribution in [0.1, 0.15) is 57.8 Å². The second kappa shape index (κ2) is 11.4. The van der Waals surface area contributed by atoms with Crippen LogP contribution in [-0.2, 0) is 19.0 Å². The summed E-state index contributed by atoms with van der Waals surface area (Å²) < 4.78 is 73.9. The van der Waals surface area contributed by atoms with E-state index >= 15 is 0 Å². The largest absolute Gasteiger partial charge is 0.423 e. The number of esters is 1. The van der Waals surface area contributed by atoms with Gasteiger partial charge in [0.05, 0.1) is 12.0 Å². The Morgan fingerprint density at radius 2 is 1.54 bits per heavy atom. The highest BCUT2D eigenvalue weighted by Crippen LogP contribution is 2.45. The van der Waals surface area contributed by atoms with Crippen LogP contribution in [0.25, 0.3) is 0 Å². The van der Waals surface area contributed by atoms with Crippen LogP contribution in [0.5, 0.6) is 0 Å². The van der Waals surface area contributed by atoms with Crippen molar-refractivity contribution in [2.45, 2.75) is 70.0 Å². The molecule has 0 amide bonds. The quantitative estimate of drug-likeness (QED) is 0.226. The molecule has 4 aliphatic rings. The van der Waals surface area contributed by atoms with E-state index in [2.05, 4.69) is 0 Å². The number of rotatable bonds is 6. The van der Waals surface area contributed by atoms with Crippen molar-refractivity contribution < 1.29 is 36.6 Å². The minimum Gasteiger partial charge on any atom is -0.423 e. The molecule has 0 bridgehead atoms. The molecule has 194 valence electrons. The van der Waals surface area contributed by atoms with Gasteiger partial charge in [-0.05, 0) is 75.7 Å². The highest BCUT2D eigenvalue weighted by Gasteiger charge is 2.39. The number of carbonyl (C=O) groups is 1. The Hall–Kier alpha value is -1.93. The monoisotopic (exact) mass is 498 g/mol. The van der Waals surface area contributed by atoms with Gasteiger partial charge in [-0.2, -0.15) is 4.39 Å². The van der Waals surface area contributed by atoms with Crippen molar-refractivity contribution in [1.82, 2.24) is 0 Å². The third kappa shape index (κ3) is 5.58. The Morgan fingerprint density at radius 3 is 2.17 bits per heavy atom. The molecule has 0 aromatic carbocycles. The molecule has 0 aromatic rings. The minimum absolute atomic E-state index is 0.000743. The first-order valence-electron chi connectivity index (χ1n) is 12.6. The number of methoxy groups -OCH3 is 2. The summed E-state index contributed by atoms with van der Waals surface area (Å²) in [4.78, 5) is 12.7. The van der Waals surface area contributed by atoms with Crippen molar-refractivity contribution >= 4 is 5.97 Å². The van der Waals surface area contributed by atoms with Gasteiger partial charge in [-0.15, -0.1) is 0 Å². The average Bonchev–Trinajstić information content (AvgIpc) is 2.88. The zero-order chi connectivity index (χ0) is 25.1. The van der Waals surface area contributed by atoms with E-state index in [4.69, 9.17) is 14.2 Å². The van der Waals surface area contributed by atoms with Gasteiger partial charge < -0.3 is 14.2 Å². The molecule has 0 spiro atoms. The van der Waals surface area contributed by atoms with Crippen molar-refractivity contribution in [2.75, 3.05) is 14.2 Å². The van der Waals surface area contributed by atoms with Crippen molar-refractivity contribution in [2.24, 2.45) is 29.6 Å². The number of hydrogen-bond acceptors (Lipinski definition) is 4. The van der Waals surface area contributed by atoms with E-state index in [9.17, 15) is 22.4 Å². The molecule has 5 unspecified atom stereocenters. The lowest BCUT2D eigenvalue weighted by atomic mass is 9.72. The third-order valence-corrected chi connectivity index (χ3v) is 8.23. The first kappa shape index (κ1) is 26.1. The third-order valence-electron chi connectivity index (χ3n) is 8.23. The zero-order valence-corrected chi connectivity index (χ0v) is 20.3. The molecular formula is C27H34F4O4. The molecule has 0 aromatic heterocycles. The minimum atomic E-state index is -1.11. The van der Waals surface area contributed by atoms with Crippen LogP contribution in [-0.4, -0.2) is 32.4 Å². The van der Waals surface area contributed by atoms with Crippen LogP contribution >= 0.6 is 0 Å². The van der Waals surface area contributed by atoms with Gasteiger partial charge in [-0.1, -0.05) is 12.2 Å². The number of hydrogen-bond donors (Lipinski definition) is 0. The molecule has 0 aliphatic heterocycles. The molecule has 8 heteroatoms. The van der Waals surface area contributed by atoms with Crippen molar-refractivity contribution in [3.05, 3.63) is 47.3 Å². The number of carbonyl (C=O) groups excluding carboxylic acids is 1. The van der Waals surface area contributed by atoms with Crippen molar-refractivity contribution in [3.8, 4) is 0 Å². The Labute approximate surface area is 204 Å². The molecule has 4 nitrogen and oxygen atoms in total. The predicted molar refractivity (Wildman–Crippen MR) is 122 cm³/mol. The van der Waals surface area contributed by atoms with Crippen molar-refractivity contribution in [1.29, 1.82) is 0 Å². The normalized spacial score (nSPS) is 36.3. The molecule has 0 saturated heterocycles. The Morgan fingerprint density at radius 1 is 0.800 bits per heavy atom. The lowest BCUT2D eigenvalue weighted by Crippen LogP contribution is -2.31. The maximum atomic E-state index is 14.9. The molecule has 0 radical (unpaired) electrons. The summed E-state index contributed by atoms with van der Waals surface area (Å²) in [5.41, 5.74) is 0. The smallest absolute Gasteiger partial charge is 0.314 e. The summed E-state index contributed by atoms with van der Waals surface area (Å²) in [6.45, 7) is 0. The van der Waals surface area contributed by atoms with E-state index in [1.54, 1.807) is 7.11 Å². The standard InChI is InChI=1S/C27H34F4O4/c1-33-18-9-7-16(8-10-18)20-12-14-22(26(31)24(20)29)35-27(32)17-5-3-15(4-6-17)19-11-13-21(34-2)25(30)23(19)28/h7,9,14-21H,3-6,8,10-13H2,1-2H3. The lowest BCUT2D eigenvalue weighted by Gasteiger charge is -2.35. The van der Waals surface area contributed by atoms with Crippen LogP contribution in [0.2, 0.25) is 0 Å². The Bertz CT molecular complexity index is 916. The maximum absolute atomic E-state index is 14.9. The van der Waals surface area contributed by atoms with Gasteiger partial charge in [0.25, 0.3) is 0 Å². The number of halogens is 4. The van der Waals surface area contributed by atoms with Crippen molar-refractivity contribution in [3.63, 3.8) is 0 Å².